The topological polar surface area (TPSA) is 60.8 Å². The number of likely N-dealkylation sites (tertiary alicyclic amines) is 1. The molecular formula is C17H25NO3. The first-order valence-electron chi connectivity index (χ1n) is 7.54. The van der Waals surface area contributed by atoms with Gasteiger partial charge in [-0.15, -0.1) is 0 Å². The summed E-state index contributed by atoms with van der Waals surface area (Å²) in [5.74, 6) is -0.824. The fourth-order valence-electron chi connectivity index (χ4n) is 2.82. The summed E-state index contributed by atoms with van der Waals surface area (Å²) >= 11 is 0. The van der Waals surface area contributed by atoms with E-state index >= 15 is 0 Å². The van der Waals surface area contributed by atoms with Crippen LogP contribution in [0.25, 0.3) is 0 Å². The molecule has 116 valence electrons. The third-order valence-electron chi connectivity index (χ3n) is 4.19. The summed E-state index contributed by atoms with van der Waals surface area (Å²) in [6, 6.07) is 7.26. The number of hydrogen-bond acceptors (Lipinski definition) is 3. The Hall–Kier alpha value is -1.39. The molecular weight excluding hydrogens is 266 g/mol. The number of carboxylic acid groups (broad SMARTS) is 1. The van der Waals surface area contributed by atoms with Crippen molar-refractivity contribution in [1.29, 1.82) is 0 Å². The van der Waals surface area contributed by atoms with Crippen LogP contribution >= 0.6 is 0 Å². The summed E-state index contributed by atoms with van der Waals surface area (Å²) in [4.78, 5) is 13.6. The molecule has 0 bridgehead atoms. The zero-order valence-electron chi connectivity index (χ0n) is 13.0. The lowest BCUT2D eigenvalue weighted by Gasteiger charge is -2.34. The lowest BCUT2D eigenvalue weighted by Crippen LogP contribution is -2.41. The number of benzene rings is 1. The van der Waals surface area contributed by atoms with Crippen LogP contribution in [0.2, 0.25) is 0 Å². The Morgan fingerprint density at radius 1 is 1.19 bits per heavy atom. The fraction of sp³-hybridized carbons (Fsp3) is 0.588. The van der Waals surface area contributed by atoms with Gasteiger partial charge in [0.15, 0.2) is 0 Å². The van der Waals surface area contributed by atoms with Gasteiger partial charge in [0.2, 0.25) is 0 Å². The van der Waals surface area contributed by atoms with E-state index in [9.17, 15) is 15.0 Å². The molecule has 0 aliphatic carbocycles. The molecule has 4 heteroatoms. The average Bonchev–Trinajstić information content (AvgIpc) is 2.40. The number of nitrogens with zero attached hydrogens (tertiary/aromatic N) is 1. The van der Waals surface area contributed by atoms with E-state index in [-0.39, 0.29) is 11.5 Å². The monoisotopic (exact) mass is 291 g/mol. The highest BCUT2D eigenvalue weighted by Crippen LogP contribution is 2.28. The second-order valence-electron chi connectivity index (χ2n) is 6.88. The summed E-state index contributed by atoms with van der Waals surface area (Å²) in [6.45, 7) is 7.67. The van der Waals surface area contributed by atoms with Gasteiger partial charge in [-0.05, 0) is 29.4 Å². The molecule has 1 unspecified atom stereocenters. The second-order valence-corrected chi connectivity index (χ2v) is 6.88. The zero-order valence-corrected chi connectivity index (χ0v) is 13.0. The molecule has 1 aromatic rings. The van der Waals surface area contributed by atoms with Gasteiger partial charge in [-0.25, -0.2) is 0 Å². The van der Waals surface area contributed by atoms with Crippen molar-refractivity contribution in [2.24, 2.45) is 0 Å². The van der Waals surface area contributed by atoms with Gasteiger partial charge in [-0.3, -0.25) is 9.69 Å². The Labute approximate surface area is 126 Å². The largest absolute Gasteiger partial charge is 0.480 e. The minimum atomic E-state index is -0.824. The third-order valence-corrected chi connectivity index (χ3v) is 4.19. The first-order valence-corrected chi connectivity index (χ1v) is 7.54. The number of carbonyl (C=O) groups is 1. The highest BCUT2D eigenvalue weighted by atomic mass is 16.4. The van der Waals surface area contributed by atoms with Crippen molar-refractivity contribution < 1.29 is 15.0 Å². The lowest BCUT2D eigenvalue weighted by atomic mass is 9.86. The summed E-state index contributed by atoms with van der Waals surface area (Å²) in [7, 11) is 0. The Bertz CT molecular complexity index is 482. The predicted octanol–water partition coefficient (Wildman–Crippen LogP) is 2.57. The molecule has 1 heterocycles. The maximum Gasteiger partial charge on any atom is 0.325 e. The van der Waals surface area contributed by atoms with Crippen LogP contribution in [0.15, 0.2) is 24.3 Å². The van der Waals surface area contributed by atoms with Crippen molar-refractivity contribution in [3.63, 3.8) is 0 Å². The number of aliphatic hydroxyl groups is 1. The van der Waals surface area contributed by atoms with Crippen LogP contribution in [0.4, 0.5) is 0 Å². The predicted molar refractivity (Wildman–Crippen MR) is 82.3 cm³/mol. The van der Waals surface area contributed by atoms with Crippen molar-refractivity contribution >= 4 is 5.97 Å². The maximum atomic E-state index is 11.7. The number of aliphatic hydroxyl groups excluding tert-OH is 1. The van der Waals surface area contributed by atoms with Crippen molar-refractivity contribution in [3.05, 3.63) is 35.4 Å². The normalized spacial score (nSPS) is 19.4. The smallest absolute Gasteiger partial charge is 0.325 e. The Kier molecular flexibility index (Phi) is 4.69. The second kappa shape index (κ2) is 6.16. The Balaban J connectivity index is 2.21. The summed E-state index contributed by atoms with van der Waals surface area (Å²) in [5.41, 5.74) is 2.07. The Morgan fingerprint density at radius 2 is 1.71 bits per heavy atom. The van der Waals surface area contributed by atoms with Crippen LogP contribution in [0.5, 0.6) is 0 Å². The van der Waals surface area contributed by atoms with Gasteiger partial charge >= 0.3 is 5.97 Å². The first kappa shape index (κ1) is 16.0. The van der Waals surface area contributed by atoms with Gasteiger partial charge in [0, 0.05) is 13.1 Å². The van der Waals surface area contributed by atoms with Gasteiger partial charge in [0.05, 0.1) is 6.10 Å². The molecule has 4 nitrogen and oxygen atoms in total. The van der Waals surface area contributed by atoms with E-state index < -0.39 is 12.0 Å². The van der Waals surface area contributed by atoms with E-state index in [0.29, 0.717) is 25.9 Å². The van der Waals surface area contributed by atoms with Crippen LogP contribution < -0.4 is 0 Å². The number of aliphatic carboxylic acids is 1. The van der Waals surface area contributed by atoms with Crippen LogP contribution in [-0.4, -0.2) is 40.3 Å². The molecule has 21 heavy (non-hydrogen) atoms. The van der Waals surface area contributed by atoms with Crippen molar-refractivity contribution in [1.82, 2.24) is 4.90 Å². The zero-order chi connectivity index (χ0) is 15.6. The van der Waals surface area contributed by atoms with Crippen LogP contribution in [0.3, 0.4) is 0 Å². The molecule has 1 aromatic carbocycles. The van der Waals surface area contributed by atoms with Crippen LogP contribution in [0.1, 0.15) is 50.8 Å². The molecule has 0 amide bonds. The standard InChI is InChI=1S/C17H25NO3/c1-17(2,3)13-6-4-12(5-7-13)15(16(20)21)18-10-8-14(19)9-11-18/h4-7,14-15,19H,8-11H2,1-3H3,(H,20,21). The van der Waals surface area contributed by atoms with Crippen molar-refractivity contribution in [2.75, 3.05) is 13.1 Å². The van der Waals surface area contributed by atoms with E-state index in [1.165, 1.54) is 5.56 Å². The highest BCUT2D eigenvalue weighted by Gasteiger charge is 2.30. The summed E-state index contributed by atoms with van der Waals surface area (Å²) in [6.07, 6.45) is 0.993. The molecule has 1 atom stereocenters. The average molecular weight is 291 g/mol. The summed E-state index contributed by atoms with van der Waals surface area (Å²) in [5, 5.41) is 19.1. The molecule has 1 fully saturated rings. The summed E-state index contributed by atoms with van der Waals surface area (Å²) < 4.78 is 0. The van der Waals surface area contributed by atoms with Gasteiger partial charge in [-0.2, -0.15) is 0 Å². The number of carboxylic acids is 1. The van der Waals surface area contributed by atoms with Crippen LogP contribution in [-0.2, 0) is 10.2 Å². The Morgan fingerprint density at radius 3 is 2.14 bits per heavy atom. The van der Waals surface area contributed by atoms with E-state index in [0.717, 1.165) is 5.56 Å². The van der Waals surface area contributed by atoms with Crippen molar-refractivity contribution in [3.8, 4) is 0 Å². The highest BCUT2D eigenvalue weighted by molar-refractivity contribution is 5.75. The van der Waals surface area contributed by atoms with E-state index in [1.807, 2.05) is 29.2 Å². The minimum Gasteiger partial charge on any atom is -0.480 e. The number of rotatable bonds is 3. The SMILES string of the molecule is CC(C)(C)c1ccc(C(C(=O)O)N2CCC(O)CC2)cc1. The quantitative estimate of drug-likeness (QED) is 0.898. The molecule has 1 saturated heterocycles. The molecule has 0 spiro atoms. The van der Waals surface area contributed by atoms with Crippen molar-refractivity contribution in [2.45, 2.75) is 51.2 Å². The van der Waals surface area contributed by atoms with E-state index in [2.05, 4.69) is 20.8 Å². The molecule has 0 aromatic heterocycles. The van der Waals surface area contributed by atoms with Crippen LogP contribution in [0, 0.1) is 0 Å². The molecule has 0 radical (unpaired) electrons. The fourth-order valence-corrected chi connectivity index (χ4v) is 2.82. The minimum absolute atomic E-state index is 0.0620. The number of hydrogen-bond donors (Lipinski definition) is 2. The van der Waals surface area contributed by atoms with Gasteiger partial charge < -0.3 is 10.2 Å². The molecule has 2 N–H and O–H groups in total. The molecule has 1 aliphatic heterocycles. The maximum absolute atomic E-state index is 11.7. The molecule has 2 rings (SSSR count). The van der Waals surface area contributed by atoms with E-state index in [4.69, 9.17) is 0 Å². The van der Waals surface area contributed by atoms with Gasteiger partial charge in [0.25, 0.3) is 0 Å². The number of piperidine rings is 1. The first-order chi connectivity index (χ1) is 9.79. The molecule has 0 saturated carbocycles. The molecule has 1 aliphatic rings. The van der Waals surface area contributed by atoms with Gasteiger partial charge in [-0.1, -0.05) is 45.0 Å². The third kappa shape index (κ3) is 3.83. The lowest BCUT2D eigenvalue weighted by molar-refractivity contribution is -0.144. The van der Waals surface area contributed by atoms with E-state index in [1.54, 1.807) is 0 Å². The van der Waals surface area contributed by atoms with Gasteiger partial charge in [0.1, 0.15) is 6.04 Å².